The predicted octanol–water partition coefficient (Wildman–Crippen LogP) is 1.53. The van der Waals surface area contributed by atoms with Crippen LogP contribution >= 0.6 is 15.9 Å². The van der Waals surface area contributed by atoms with Crippen molar-refractivity contribution >= 4 is 15.9 Å². The molecule has 1 saturated carbocycles. The molecule has 58 valence electrons. The van der Waals surface area contributed by atoms with Crippen LogP contribution in [0.3, 0.4) is 0 Å². The molecule has 0 unspecified atom stereocenters. The van der Waals surface area contributed by atoms with Gasteiger partial charge in [-0.25, -0.2) is 0 Å². The Hall–Kier alpha value is 0.400. The predicted molar refractivity (Wildman–Crippen MR) is 41.2 cm³/mol. The number of hydrogen-bond acceptors (Lipinski definition) is 2. The number of alkyl halides is 1. The van der Waals surface area contributed by atoms with Gasteiger partial charge in [0.2, 0.25) is 0 Å². The summed E-state index contributed by atoms with van der Waals surface area (Å²) < 4.78 is 10.9. The van der Waals surface area contributed by atoms with E-state index in [4.69, 9.17) is 9.47 Å². The van der Waals surface area contributed by atoms with Crippen LogP contribution in [-0.2, 0) is 9.47 Å². The summed E-state index contributed by atoms with van der Waals surface area (Å²) in [6.07, 6.45) is 2.16. The second kappa shape index (κ2) is 2.47. The molecule has 1 saturated heterocycles. The van der Waals surface area contributed by atoms with Crippen molar-refractivity contribution < 1.29 is 9.47 Å². The molecule has 0 radical (unpaired) electrons. The van der Waals surface area contributed by atoms with Gasteiger partial charge < -0.3 is 9.47 Å². The van der Waals surface area contributed by atoms with E-state index in [1.165, 1.54) is 0 Å². The smallest absolute Gasteiger partial charge is 0.169 e. The molecule has 0 N–H and O–H groups in total. The van der Waals surface area contributed by atoms with Crippen LogP contribution in [0.1, 0.15) is 12.8 Å². The van der Waals surface area contributed by atoms with Crippen molar-refractivity contribution in [1.29, 1.82) is 0 Å². The monoisotopic (exact) mass is 206 g/mol. The first kappa shape index (κ1) is 7.07. The van der Waals surface area contributed by atoms with Gasteiger partial charge in [-0.1, -0.05) is 15.9 Å². The van der Waals surface area contributed by atoms with Gasteiger partial charge in [-0.3, -0.25) is 0 Å². The van der Waals surface area contributed by atoms with Crippen molar-refractivity contribution in [3.05, 3.63) is 0 Å². The molecule has 1 aliphatic carbocycles. The zero-order valence-electron chi connectivity index (χ0n) is 5.81. The zero-order valence-corrected chi connectivity index (χ0v) is 7.39. The van der Waals surface area contributed by atoms with Crippen molar-refractivity contribution in [2.45, 2.75) is 18.6 Å². The first-order chi connectivity index (χ1) is 4.85. The molecule has 2 rings (SSSR count). The maximum atomic E-state index is 5.47. The third kappa shape index (κ3) is 1.00. The average molecular weight is 207 g/mol. The van der Waals surface area contributed by atoms with Gasteiger partial charge in [0, 0.05) is 18.2 Å². The fraction of sp³-hybridized carbons (Fsp3) is 1.00. The summed E-state index contributed by atoms with van der Waals surface area (Å²) in [5.74, 6) is 0.636. The molecule has 10 heavy (non-hydrogen) atoms. The highest BCUT2D eigenvalue weighted by Gasteiger charge is 2.48. The first-order valence-electron chi connectivity index (χ1n) is 3.68. The van der Waals surface area contributed by atoms with Gasteiger partial charge in [-0.05, 0) is 5.92 Å². The summed E-state index contributed by atoms with van der Waals surface area (Å²) in [7, 11) is 0. The van der Waals surface area contributed by atoms with Crippen LogP contribution in [0.5, 0.6) is 0 Å². The molecule has 3 heteroatoms. The van der Waals surface area contributed by atoms with Gasteiger partial charge in [0.1, 0.15) is 0 Å². The van der Waals surface area contributed by atoms with E-state index in [1.807, 2.05) is 0 Å². The largest absolute Gasteiger partial charge is 0.348 e. The number of rotatable bonds is 1. The highest BCUT2D eigenvalue weighted by atomic mass is 79.9. The molecule has 0 aromatic rings. The molecule has 1 aliphatic heterocycles. The Morgan fingerprint density at radius 2 is 1.90 bits per heavy atom. The Labute approximate surface area is 69.0 Å². The summed E-state index contributed by atoms with van der Waals surface area (Å²) in [6.45, 7) is 1.57. The summed E-state index contributed by atoms with van der Waals surface area (Å²) in [6, 6.07) is 0. The number of halogens is 1. The Bertz CT molecular complexity index is 124. The maximum absolute atomic E-state index is 5.47. The quantitative estimate of drug-likeness (QED) is 0.607. The van der Waals surface area contributed by atoms with Gasteiger partial charge in [0.15, 0.2) is 5.79 Å². The van der Waals surface area contributed by atoms with E-state index >= 15 is 0 Å². The number of ether oxygens (including phenoxy) is 2. The van der Waals surface area contributed by atoms with Crippen molar-refractivity contribution in [2.24, 2.45) is 5.92 Å². The second-order valence-corrected chi connectivity index (χ2v) is 3.68. The first-order valence-corrected chi connectivity index (χ1v) is 4.81. The van der Waals surface area contributed by atoms with E-state index in [2.05, 4.69) is 15.9 Å². The average Bonchev–Trinajstić information content (AvgIpc) is 2.30. The van der Waals surface area contributed by atoms with Crippen LogP contribution in [0.15, 0.2) is 0 Å². The summed E-state index contributed by atoms with van der Waals surface area (Å²) >= 11 is 3.45. The molecule has 0 atom stereocenters. The molecule has 2 aliphatic rings. The van der Waals surface area contributed by atoms with Crippen LogP contribution in [0.2, 0.25) is 0 Å². The molecular formula is C7H11BrO2. The van der Waals surface area contributed by atoms with Crippen LogP contribution in [-0.4, -0.2) is 24.3 Å². The van der Waals surface area contributed by atoms with Crippen molar-refractivity contribution in [3.8, 4) is 0 Å². The van der Waals surface area contributed by atoms with Crippen LogP contribution < -0.4 is 0 Å². The maximum Gasteiger partial charge on any atom is 0.169 e. The third-order valence-electron chi connectivity index (χ3n) is 2.23. The van der Waals surface area contributed by atoms with Crippen molar-refractivity contribution in [1.82, 2.24) is 0 Å². The van der Waals surface area contributed by atoms with E-state index in [0.29, 0.717) is 0 Å². The lowest BCUT2D eigenvalue weighted by Crippen LogP contribution is -2.45. The molecule has 1 heterocycles. The lowest BCUT2D eigenvalue weighted by Gasteiger charge is -2.42. The van der Waals surface area contributed by atoms with Gasteiger partial charge in [-0.2, -0.15) is 0 Å². The standard InChI is InChI=1S/C7H11BrO2/c8-5-6-3-7(4-6)9-1-2-10-7/h6H,1-5H2. The molecule has 0 aromatic heterocycles. The molecule has 1 spiro atoms. The Balaban J connectivity index is 1.86. The molecular weight excluding hydrogens is 196 g/mol. The van der Waals surface area contributed by atoms with E-state index in [9.17, 15) is 0 Å². The van der Waals surface area contributed by atoms with Gasteiger partial charge in [-0.15, -0.1) is 0 Å². The SMILES string of the molecule is BrCC1CC2(C1)OCCO2. The van der Waals surface area contributed by atoms with Gasteiger partial charge in [0.25, 0.3) is 0 Å². The van der Waals surface area contributed by atoms with Crippen molar-refractivity contribution in [3.63, 3.8) is 0 Å². The summed E-state index contributed by atoms with van der Waals surface area (Å²) in [4.78, 5) is 0. The lowest BCUT2D eigenvalue weighted by molar-refractivity contribution is -0.226. The van der Waals surface area contributed by atoms with E-state index in [1.54, 1.807) is 0 Å². The molecule has 2 fully saturated rings. The molecule has 0 amide bonds. The Morgan fingerprint density at radius 1 is 1.30 bits per heavy atom. The van der Waals surface area contributed by atoms with Gasteiger partial charge >= 0.3 is 0 Å². The molecule has 2 nitrogen and oxygen atoms in total. The van der Waals surface area contributed by atoms with Gasteiger partial charge in [0.05, 0.1) is 13.2 Å². The molecule has 0 aromatic carbocycles. The Kier molecular flexibility index (Phi) is 1.74. The topological polar surface area (TPSA) is 18.5 Å². The minimum absolute atomic E-state index is 0.140. The lowest BCUT2D eigenvalue weighted by atomic mass is 9.80. The highest BCUT2D eigenvalue weighted by molar-refractivity contribution is 9.09. The molecule has 0 bridgehead atoms. The van der Waals surface area contributed by atoms with Crippen LogP contribution in [0.4, 0.5) is 0 Å². The van der Waals surface area contributed by atoms with E-state index < -0.39 is 0 Å². The zero-order chi connectivity index (χ0) is 7.03. The number of hydrogen-bond donors (Lipinski definition) is 0. The van der Waals surface area contributed by atoms with E-state index in [0.717, 1.165) is 37.3 Å². The highest BCUT2D eigenvalue weighted by Crippen LogP contribution is 2.44. The minimum Gasteiger partial charge on any atom is -0.348 e. The fourth-order valence-electron chi connectivity index (χ4n) is 1.66. The Morgan fingerprint density at radius 3 is 2.40 bits per heavy atom. The van der Waals surface area contributed by atoms with Crippen molar-refractivity contribution in [2.75, 3.05) is 18.5 Å². The summed E-state index contributed by atoms with van der Waals surface area (Å²) in [5, 5.41) is 1.08. The second-order valence-electron chi connectivity index (χ2n) is 3.04. The van der Waals surface area contributed by atoms with Crippen LogP contribution in [0.25, 0.3) is 0 Å². The van der Waals surface area contributed by atoms with E-state index in [-0.39, 0.29) is 5.79 Å². The minimum atomic E-state index is -0.140. The normalized spacial score (nSPS) is 30.9. The van der Waals surface area contributed by atoms with Crippen LogP contribution in [0, 0.1) is 5.92 Å². The fourth-order valence-corrected chi connectivity index (χ4v) is 2.12. The summed E-state index contributed by atoms with van der Waals surface area (Å²) in [5.41, 5.74) is 0. The third-order valence-corrected chi connectivity index (χ3v) is 3.15.